The summed E-state index contributed by atoms with van der Waals surface area (Å²) in [4.78, 5) is 11.0. The summed E-state index contributed by atoms with van der Waals surface area (Å²) in [5, 5.41) is 17.8. The Hall–Kier alpha value is -3.46. The van der Waals surface area contributed by atoms with Crippen LogP contribution in [0.3, 0.4) is 0 Å². The van der Waals surface area contributed by atoms with Gasteiger partial charge in [0.1, 0.15) is 30.6 Å². The van der Waals surface area contributed by atoms with Crippen LogP contribution in [0.5, 0.6) is 17.2 Å². The molecule has 6 nitrogen and oxygen atoms in total. The Bertz CT molecular complexity index is 876. The number of hydrogen-bond donors (Lipinski definition) is 1. The minimum absolute atomic E-state index is 0.278. The maximum Gasteiger partial charge on any atom is 0.346 e. The van der Waals surface area contributed by atoms with Crippen molar-refractivity contribution in [3.05, 3.63) is 58.7 Å². The van der Waals surface area contributed by atoms with Crippen LogP contribution in [0.15, 0.2) is 42.0 Å². The summed E-state index contributed by atoms with van der Waals surface area (Å²) >= 11 is 0. The fraction of sp³-hybridized carbons (Fsp3) is 0.238. The molecule has 140 valence electrons. The molecule has 2 rings (SSSR count). The molecule has 0 aromatic heterocycles. The first-order valence-electron chi connectivity index (χ1n) is 8.30. The Kier molecular flexibility index (Phi) is 6.84. The average Bonchev–Trinajstić information content (AvgIpc) is 2.62. The molecular weight excluding hydrogens is 346 g/mol. The van der Waals surface area contributed by atoms with Gasteiger partial charge in [-0.1, -0.05) is 12.1 Å². The highest BCUT2D eigenvalue weighted by molar-refractivity contribution is 5.96. The van der Waals surface area contributed by atoms with E-state index in [9.17, 15) is 4.79 Å². The molecule has 0 saturated carbocycles. The second-order valence-corrected chi connectivity index (χ2v) is 5.91. The van der Waals surface area contributed by atoms with E-state index in [0.29, 0.717) is 23.7 Å². The van der Waals surface area contributed by atoms with Crippen molar-refractivity contribution in [3.8, 4) is 23.3 Å². The van der Waals surface area contributed by atoms with Crippen LogP contribution in [-0.2, 0) is 4.79 Å². The second-order valence-electron chi connectivity index (χ2n) is 5.91. The number of carboxylic acids is 1. The van der Waals surface area contributed by atoms with E-state index in [2.05, 4.69) is 6.07 Å². The first kappa shape index (κ1) is 19.9. The predicted molar refractivity (Wildman–Crippen MR) is 101 cm³/mol. The zero-order chi connectivity index (χ0) is 19.8. The lowest BCUT2D eigenvalue weighted by Crippen LogP contribution is -2.10. The van der Waals surface area contributed by atoms with Crippen LogP contribution < -0.4 is 14.2 Å². The fourth-order valence-corrected chi connectivity index (χ4v) is 2.53. The van der Waals surface area contributed by atoms with E-state index >= 15 is 0 Å². The number of aliphatic carboxylic acids is 1. The third-order valence-corrected chi connectivity index (χ3v) is 3.65. The Balaban J connectivity index is 2.05. The molecule has 2 aromatic carbocycles. The topological polar surface area (TPSA) is 88.8 Å². The second kappa shape index (κ2) is 9.30. The van der Waals surface area contributed by atoms with Crippen molar-refractivity contribution in [2.75, 3.05) is 20.3 Å². The Morgan fingerprint density at radius 1 is 1.07 bits per heavy atom. The molecule has 0 aliphatic carbocycles. The molecule has 0 aliphatic heterocycles. The quantitative estimate of drug-likeness (QED) is 0.434. The highest BCUT2D eigenvalue weighted by atomic mass is 16.5. The number of aryl methyl sites for hydroxylation is 2. The predicted octanol–water partition coefficient (Wildman–Crippen LogP) is 3.76. The number of nitriles is 1. The van der Waals surface area contributed by atoms with E-state index < -0.39 is 5.97 Å². The van der Waals surface area contributed by atoms with Gasteiger partial charge in [-0.25, -0.2) is 4.79 Å². The summed E-state index contributed by atoms with van der Waals surface area (Å²) in [6.45, 7) is 4.63. The van der Waals surface area contributed by atoms with Crippen LogP contribution in [0.25, 0.3) is 6.08 Å². The molecule has 2 aromatic rings. The summed E-state index contributed by atoms with van der Waals surface area (Å²) < 4.78 is 16.7. The minimum atomic E-state index is -1.28. The van der Waals surface area contributed by atoms with Gasteiger partial charge in [-0.15, -0.1) is 0 Å². The molecule has 0 unspecified atom stereocenters. The molecule has 0 amide bonds. The number of ether oxygens (including phenoxy) is 3. The summed E-state index contributed by atoms with van der Waals surface area (Å²) in [6, 6.07) is 12.5. The zero-order valence-electron chi connectivity index (χ0n) is 15.5. The molecule has 27 heavy (non-hydrogen) atoms. The third-order valence-electron chi connectivity index (χ3n) is 3.65. The normalized spacial score (nSPS) is 10.8. The molecule has 0 fully saturated rings. The largest absolute Gasteiger partial charge is 0.493 e. The number of carboxylic acid groups (broad SMARTS) is 1. The Morgan fingerprint density at radius 2 is 1.74 bits per heavy atom. The lowest BCUT2D eigenvalue weighted by atomic mass is 10.1. The monoisotopic (exact) mass is 367 g/mol. The van der Waals surface area contributed by atoms with Gasteiger partial charge in [-0.2, -0.15) is 5.26 Å². The van der Waals surface area contributed by atoms with Gasteiger partial charge in [0.2, 0.25) is 0 Å². The highest BCUT2D eigenvalue weighted by Gasteiger charge is 2.09. The van der Waals surface area contributed by atoms with Crippen LogP contribution in [-0.4, -0.2) is 31.4 Å². The van der Waals surface area contributed by atoms with Crippen molar-refractivity contribution in [1.82, 2.24) is 0 Å². The summed E-state index contributed by atoms with van der Waals surface area (Å²) in [6.07, 6.45) is 1.28. The third kappa shape index (κ3) is 5.79. The van der Waals surface area contributed by atoms with Crippen LogP contribution in [0.2, 0.25) is 0 Å². The fourth-order valence-electron chi connectivity index (χ4n) is 2.53. The smallest absolute Gasteiger partial charge is 0.346 e. The van der Waals surface area contributed by atoms with E-state index in [0.717, 1.165) is 16.9 Å². The molecule has 6 heteroatoms. The van der Waals surface area contributed by atoms with Gasteiger partial charge < -0.3 is 19.3 Å². The van der Waals surface area contributed by atoms with Crippen molar-refractivity contribution in [3.63, 3.8) is 0 Å². The van der Waals surface area contributed by atoms with E-state index in [1.807, 2.05) is 26.0 Å². The number of rotatable bonds is 8. The maximum absolute atomic E-state index is 11.0. The van der Waals surface area contributed by atoms with Crippen molar-refractivity contribution in [2.24, 2.45) is 0 Å². The number of methoxy groups -OCH3 is 1. The zero-order valence-corrected chi connectivity index (χ0v) is 15.5. The number of benzene rings is 2. The van der Waals surface area contributed by atoms with Gasteiger partial charge in [0.05, 0.1) is 7.11 Å². The van der Waals surface area contributed by atoms with Gasteiger partial charge in [0.15, 0.2) is 11.5 Å². The van der Waals surface area contributed by atoms with Crippen molar-refractivity contribution >= 4 is 12.0 Å². The van der Waals surface area contributed by atoms with Crippen molar-refractivity contribution in [2.45, 2.75) is 13.8 Å². The Morgan fingerprint density at radius 3 is 2.33 bits per heavy atom. The number of nitrogens with zero attached hydrogens (tertiary/aromatic N) is 1. The van der Waals surface area contributed by atoms with Crippen LogP contribution in [0.4, 0.5) is 0 Å². The SMILES string of the molecule is COc1ccc(C=C(C#N)C(=O)O)cc1OCCOc1cc(C)cc(C)c1. The van der Waals surface area contributed by atoms with Crippen LogP contribution >= 0.6 is 0 Å². The lowest BCUT2D eigenvalue weighted by molar-refractivity contribution is -0.132. The first-order chi connectivity index (χ1) is 12.9. The molecule has 0 aliphatic rings. The van der Waals surface area contributed by atoms with E-state index in [4.69, 9.17) is 24.6 Å². The standard InChI is InChI=1S/C21H21NO5/c1-14-8-15(2)10-18(9-14)26-6-7-27-20-12-16(4-5-19(20)25-3)11-17(13-22)21(23)24/h4-5,8-12H,6-7H2,1-3H3,(H,23,24). The molecule has 0 spiro atoms. The van der Waals surface area contributed by atoms with Crippen molar-refractivity contribution < 1.29 is 24.1 Å². The van der Waals surface area contributed by atoms with E-state index in [1.165, 1.54) is 13.2 Å². The Labute approximate surface area is 158 Å². The number of carbonyl (C=O) groups is 1. The van der Waals surface area contributed by atoms with Crippen molar-refractivity contribution in [1.29, 1.82) is 5.26 Å². The van der Waals surface area contributed by atoms with Gasteiger partial charge in [-0.05, 0) is 60.9 Å². The average molecular weight is 367 g/mol. The summed E-state index contributed by atoms with van der Waals surface area (Å²) in [7, 11) is 1.52. The molecule has 0 heterocycles. The molecular formula is C21H21NO5. The molecule has 0 bridgehead atoms. The van der Waals surface area contributed by atoms with Crippen LogP contribution in [0, 0.1) is 25.2 Å². The molecule has 0 radical (unpaired) electrons. The molecule has 0 saturated heterocycles. The van der Waals surface area contributed by atoms with E-state index in [-0.39, 0.29) is 12.2 Å². The van der Waals surface area contributed by atoms with Gasteiger partial charge in [0, 0.05) is 0 Å². The maximum atomic E-state index is 11.0. The molecule has 1 N–H and O–H groups in total. The first-order valence-corrected chi connectivity index (χ1v) is 8.30. The lowest BCUT2D eigenvalue weighted by Gasteiger charge is -2.13. The summed E-state index contributed by atoms with van der Waals surface area (Å²) in [5.74, 6) is 0.447. The summed E-state index contributed by atoms with van der Waals surface area (Å²) in [5.41, 5.74) is 2.42. The van der Waals surface area contributed by atoms with E-state index in [1.54, 1.807) is 24.3 Å². The minimum Gasteiger partial charge on any atom is -0.493 e. The van der Waals surface area contributed by atoms with Gasteiger partial charge in [0.25, 0.3) is 0 Å². The number of hydrogen-bond acceptors (Lipinski definition) is 5. The highest BCUT2D eigenvalue weighted by Crippen LogP contribution is 2.29. The molecule has 0 atom stereocenters. The van der Waals surface area contributed by atoms with Gasteiger partial charge >= 0.3 is 5.97 Å². The van der Waals surface area contributed by atoms with Gasteiger partial charge in [-0.3, -0.25) is 0 Å². The van der Waals surface area contributed by atoms with Crippen LogP contribution in [0.1, 0.15) is 16.7 Å².